The number of amides is 1. The lowest BCUT2D eigenvalue weighted by Gasteiger charge is -2.29. The summed E-state index contributed by atoms with van der Waals surface area (Å²) in [7, 11) is 0. The predicted molar refractivity (Wildman–Crippen MR) is 138 cm³/mol. The van der Waals surface area contributed by atoms with E-state index in [-0.39, 0.29) is 17.8 Å². The van der Waals surface area contributed by atoms with Crippen LogP contribution in [0.15, 0.2) is 40.8 Å². The Labute approximate surface area is 210 Å². The van der Waals surface area contributed by atoms with Crippen molar-refractivity contribution in [2.45, 2.75) is 64.0 Å². The van der Waals surface area contributed by atoms with Crippen LogP contribution in [0.2, 0.25) is 5.02 Å². The highest BCUT2D eigenvalue weighted by atomic mass is 35.5. The number of hydrogen-bond acceptors (Lipinski definition) is 5. The van der Waals surface area contributed by atoms with Crippen molar-refractivity contribution in [1.82, 2.24) is 10.3 Å². The Morgan fingerprint density at radius 1 is 1.26 bits per heavy atom. The molecule has 1 aliphatic heterocycles. The Morgan fingerprint density at radius 2 is 2.09 bits per heavy atom. The molecule has 0 bridgehead atoms. The fourth-order valence-corrected chi connectivity index (χ4v) is 5.67. The third-order valence-electron chi connectivity index (χ3n) is 7.19. The van der Waals surface area contributed by atoms with E-state index in [1.807, 2.05) is 25.1 Å². The molecule has 2 aliphatic rings. The monoisotopic (exact) mass is 498 g/mol. The molecule has 2 heterocycles. The largest absolute Gasteiger partial charge is 0.422 e. The summed E-state index contributed by atoms with van der Waals surface area (Å²) in [6.45, 7) is 3.50. The molecule has 2 N–H and O–H groups in total. The molecule has 1 aliphatic carbocycles. The Morgan fingerprint density at radius 3 is 2.89 bits per heavy atom. The van der Waals surface area contributed by atoms with Crippen molar-refractivity contribution in [2.75, 3.05) is 23.3 Å². The van der Waals surface area contributed by atoms with Crippen LogP contribution in [-0.2, 0) is 11.2 Å². The minimum absolute atomic E-state index is 0.0602. The minimum Gasteiger partial charge on any atom is -0.422 e. The van der Waals surface area contributed by atoms with Crippen LogP contribution in [0.5, 0.6) is 0 Å². The summed E-state index contributed by atoms with van der Waals surface area (Å²) < 4.78 is 19.4. The molecule has 2 unspecified atom stereocenters. The second-order valence-electron chi connectivity index (χ2n) is 9.92. The highest BCUT2D eigenvalue weighted by Gasteiger charge is 2.28. The molecule has 1 aromatic heterocycles. The third kappa shape index (κ3) is 5.56. The van der Waals surface area contributed by atoms with Gasteiger partial charge in [-0.1, -0.05) is 49.8 Å². The topological polar surface area (TPSA) is 70.4 Å². The van der Waals surface area contributed by atoms with Gasteiger partial charge in [0.05, 0.1) is 5.02 Å². The van der Waals surface area contributed by atoms with Gasteiger partial charge in [0.1, 0.15) is 17.4 Å². The van der Waals surface area contributed by atoms with Gasteiger partial charge in [-0.2, -0.15) is 4.98 Å². The van der Waals surface area contributed by atoms with Crippen LogP contribution in [0.3, 0.4) is 0 Å². The van der Waals surface area contributed by atoms with Crippen LogP contribution < -0.4 is 15.5 Å². The standard InChI is InChI=1S/C27H32ClFN4O2/c1-17(16-33-13-12-19-15-20(29)10-11-24(19)33)30-26(34)23(14-18-6-3-2-4-7-18)32-27-31-22-9-5-8-21(28)25(22)35-27/h5,8-11,15,17-18,23H,2-4,6-7,12-14,16H2,1H3,(H,30,34)(H,31,32). The van der Waals surface area contributed by atoms with Gasteiger partial charge in [0, 0.05) is 24.8 Å². The Balaban J connectivity index is 1.27. The number of hydrogen-bond donors (Lipinski definition) is 2. The van der Waals surface area contributed by atoms with Crippen molar-refractivity contribution in [3.63, 3.8) is 0 Å². The molecule has 6 nitrogen and oxygen atoms in total. The molecule has 8 heteroatoms. The molecule has 35 heavy (non-hydrogen) atoms. The van der Waals surface area contributed by atoms with Crippen LogP contribution in [0.4, 0.5) is 16.1 Å². The van der Waals surface area contributed by atoms with Crippen molar-refractivity contribution in [1.29, 1.82) is 0 Å². The first kappa shape index (κ1) is 23.9. The smallest absolute Gasteiger partial charge is 0.296 e. The number of anilines is 2. The average molecular weight is 499 g/mol. The highest BCUT2D eigenvalue weighted by molar-refractivity contribution is 6.34. The summed E-state index contributed by atoms with van der Waals surface area (Å²) in [5.41, 5.74) is 3.25. The number of aromatic nitrogens is 1. The first-order chi connectivity index (χ1) is 17.0. The number of rotatable bonds is 8. The van der Waals surface area contributed by atoms with E-state index in [0.29, 0.717) is 34.6 Å². The van der Waals surface area contributed by atoms with Crippen LogP contribution in [-0.4, -0.2) is 36.1 Å². The van der Waals surface area contributed by atoms with Crippen LogP contribution in [0, 0.1) is 11.7 Å². The Hall–Kier alpha value is -2.80. The second kappa shape index (κ2) is 10.4. The van der Waals surface area contributed by atoms with Crippen molar-refractivity contribution < 1.29 is 13.6 Å². The summed E-state index contributed by atoms with van der Waals surface area (Å²) >= 11 is 6.25. The lowest BCUT2D eigenvalue weighted by molar-refractivity contribution is -0.122. The molecule has 3 aromatic rings. The van der Waals surface area contributed by atoms with Gasteiger partial charge in [-0.05, 0) is 61.6 Å². The van der Waals surface area contributed by atoms with Gasteiger partial charge in [0.25, 0.3) is 6.01 Å². The van der Waals surface area contributed by atoms with Crippen molar-refractivity contribution in [3.8, 4) is 0 Å². The third-order valence-corrected chi connectivity index (χ3v) is 7.49. The second-order valence-corrected chi connectivity index (χ2v) is 10.3. The van der Waals surface area contributed by atoms with Crippen molar-refractivity contribution in [3.05, 3.63) is 52.8 Å². The number of halogens is 2. The average Bonchev–Trinajstić information content (AvgIpc) is 3.43. The number of nitrogens with one attached hydrogen (secondary N) is 2. The van der Waals surface area contributed by atoms with Crippen LogP contribution in [0.1, 0.15) is 51.0 Å². The first-order valence-corrected chi connectivity index (χ1v) is 13.0. The normalized spacial score (nSPS) is 17.9. The summed E-state index contributed by atoms with van der Waals surface area (Å²) in [5.74, 6) is 0.231. The summed E-state index contributed by atoms with van der Waals surface area (Å²) in [6, 6.07) is 10.2. The van der Waals surface area contributed by atoms with Crippen molar-refractivity contribution >= 4 is 40.3 Å². The van der Waals surface area contributed by atoms with Crippen LogP contribution >= 0.6 is 11.6 Å². The Bertz CT molecular complexity index is 1190. The van der Waals surface area contributed by atoms with E-state index < -0.39 is 6.04 Å². The fraction of sp³-hybridized carbons (Fsp3) is 0.481. The maximum absolute atomic E-state index is 13.6. The molecule has 0 spiro atoms. The summed E-state index contributed by atoms with van der Waals surface area (Å²) in [5, 5.41) is 6.95. The molecule has 0 saturated heterocycles. The predicted octanol–water partition coefficient (Wildman–Crippen LogP) is 5.94. The van der Waals surface area contributed by atoms with E-state index >= 15 is 0 Å². The van der Waals surface area contributed by atoms with Gasteiger partial charge in [-0.15, -0.1) is 0 Å². The van der Waals surface area contributed by atoms with Gasteiger partial charge < -0.3 is 20.0 Å². The quantitative estimate of drug-likeness (QED) is 0.402. The number of fused-ring (bicyclic) bond motifs is 2. The molecular weight excluding hydrogens is 467 g/mol. The van der Waals surface area contributed by atoms with Gasteiger partial charge >= 0.3 is 0 Å². The molecule has 5 rings (SSSR count). The SMILES string of the molecule is CC(CN1CCc2cc(F)ccc21)NC(=O)C(CC1CCCCC1)Nc1nc2cccc(Cl)c2o1. The molecule has 1 saturated carbocycles. The highest BCUT2D eigenvalue weighted by Crippen LogP contribution is 2.31. The molecule has 2 aromatic carbocycles. The van der Waals surface area contributed by atoms with E-state index in [2.05, 4.69) is 20.5 Å². The molecule has 186 valence electrons. The maximum atomic E-state index is 13.6. The van der Waals surface area contributed by atoms with Crippen LogP contribution in [0.25, 0.3) is 11.1 Å². The van der Waals surface area contributed by atoms with Crippen molar-refractivity contribution in [2.24, 2.45) is 5.92 Å². The number of benzene rings is 2. The van der Waals surface area contributed by atoms with Gasteiger partial charge in [0.15, 0.2) is 5.58 Å². The van der Waals surface area contributed by atoms with Gasteiger partial charge in [-0.3, -0.25) is 4.79 Å². The lowest BCUT2D eigenvalue weighted by atomic mass is 9.84. The maximum Gasteiger partial charge on any atom is 0.296 e. The van der Waals surface area contributed by atoms with Gasteiger partial charge in [0.2, 0.25) is 5.91 Å². The minimum atomic E-state index is -0.452. The first-order valence-electron chi connectivity index (χ1n) is 12.6. The number of oxazole rings is 1. The lowest BCUT2D eigenvalue weighted by Crippen LogP contribution is -2.48. The van der Waals surface area contributed by atoms with E-state index in [9.17, 15) is 9.18 Å². The van der Waals surface area contributed by atoms with E-state index in [1.54, 1.807) is 12.1 Å². The number of para-hydroxylation sites is 1. The molecule has 1 fully saturated rings. The van der Waals surface area contributed by atoms with E-state index in [0.717, 1.165) is 43.5 Å². The number of carbonyl (C=O) groups excluding carboxylic acids is 1. The van der Waals surface area contributed by atoms with Gasteiger partial charge in [-0.25, -0.2) is 4.39 Å². The Kier molecular flexibility index (Phi) is 7.14. The fourth-order valence-electron chi connectivity index (χ4n) is 5.46. The number of nitrogens with zero attached hydrogens (tertiary/aromatic N) is 2. The molecule has 2 atom stereocenters. The zero-order chi connectivity index (χ0) is 24.4. The number of carbonyl (C=O) groups is 1. The molecule has 0 radical (unpaired) electrons. The summed E-state index contributed by atoms with van der Waals surface area (Å²) in [4.78, 5) is 20.2. The van der Waals surface area contributed by atoms with E-state index in [4.69, 9.17) is 16.0 Å². The molecule has 1 amide bonds. The summed E-state index contributed by atoms with van der Waals surface area (Å²) in [6.07, 6.45) is 7.52. The van der Waals surface area contributed by atoms with E-state index in [1.165, 1.54) is 25.3 Å². The zero-order valence-electron chi connectivity index (χ0n) is 20.0. The molecular formula is C27H32ClFN4O2. The zero-order valence-corrected chi connectivity index (χ0v) is 20.8.